The minimum atomic E-state index is 0.618. The molecule has 2 aromatic rings. The Morgan fingerprint density at radius 2 is 1.80 bits per heavy atom. The molecule has 1 aliphatic heterocycles. The molecule has 2 unspecified atom stereocenters. The second-order valence-electron chi connectivity index (χ2n) is 5.83. The Balaban J connectivity index is 1.64. The molecule has 2 aromatic carbocycles. The average Bonchev–Trinajstić information content (AvgIpc) is 2.97. The molecule has 1 fully saturated rings. The van der Waals surface area contributed by atoms with Gasteiger partial charge >= 0.3 is 0 Å². The van der Waals surface area contributed by atoms with Gasteiger partial charge in [-0.05, 0) is 41.9 Å². The van der Waals surface area contributed by atoms with Gasteiger partial charge in [-0.3, -0.25) is 0 Å². The van der Waals surface area contributed by atoms with Gasteiger partial charge in [-0.1, -0.05) is 61.5 Å². The summed E-state index contributed by atoms with van der Waals surface area (Å²) < 4.78 is 0. The molecule has 0 saturated carbocycles. The fourth-order valence-corrected chi connectivity index (χ4v) is 3.19. The van der Waals surface area contributed by atoms with Crippen LogP contribution in [-0.2, 0) is 12.8 Å². The zero-order chi connectivity index (χ0) is 13.8. The number of nitrogens with one attached hydrogen (secondary N) is 1. The Labute approximate surface area is 122 Å². The second-order valence-corrected chi connectivity index (χ2v) is 5.83. The van der Waals surface area contributed by atoms with Gasteiger partial charge in [0.05, 0.1) is 0 Å². The molecule has 1 saturated heterocycles. The fraction of sp³-hybridized carbons (Fsp3) is 0.368. The molecule has 0 bridgehead atoms. The Morgan fingerprint density at radius 1 is 1.00 bits per heavy atom. The van der Waals surface area contributed by atoms with Crippen molar-refractivity contribution in [1.29, 1.82) is 0 Å². The highest BCUT2D eigenvalue weighted by atomic mass is 14.9. The Morgan fingerprint density at radius 3 is 2.60 bits per heavy atom. The minimum absolute atomic E-state index is 0.618. The SMILES string of the molecule is CCc1cccc(C2CNC(Cc3ccccc3)C2)c1. The topological polar surface area (TPSA) is 12.0 Å². The molecule has 2 atom stereocenters. The van der Waals surface area contributed by atoms with Crippen LogP contribution in [0.4, 0.5) is 0 Å². The first-order valence-electron chi connectivity index (χ1n) is 7.71. The summed E-state index contributed by atoms with van der Waals surface area (Å²) in [4.78, 5) is 0. The van der Waals surface area contributed by atoms with Crippen molar-refractivity contribution >= 4 is 0 Å². The summed E-state index contributed by atoms with van der Waals surface area (Å²) in [5, 5.41) is 3.69. The molecule has 1 aliphatic rings. The van der Waals surface area contributed by atoms with E-state index in [0.717, 1.165) is 19.4 Å². The monoisotopic (exact) mass is 265 g/mol. The number of hydrogen-bond acceptors (Lipinski definition) is 1. The first-order valence-corrected chi connectivity index (χ1v) is 7.71. The number of hydrogen-bond donors (Lipinski definition) is 1. The van der Waals surface area contributed by atoms with E-state index < -0.39 is 0 Å². The summed E-state index contributed by atoms with van der Waals surface area (Å²) >= 11 is 0. The predicted molar refractivity (Wildman–Crippen MR) is 85.1 cm³/mol. The maximum Gasteiger partial charge on any atom is 0.0114 e. The molecule has 3 rings (SSSR count). The first kappa shape index (κ1) is 13.4. The smallest absolute Gasteiger partial charge is 0.0114 e. The third-order valence-electron chi connectivity index (χ3n) is 4.38. The van der Waals surface area contributed by atoms with Gasteiger partial charge < -0.3 is 5.32 Å². The third kappa shape index (κ3) is 3.10. The van der Waals surface area contributed by atoms with E-state index >= 15 is 0 Å². The lowest BCUT2D eigenvalue weighted by atomic mass is 9.93. The normalized spacial score (nSPS) is 22.1. The average molecular weight is 265 g/mol. The number of rotatable bonds is 4. The zero-order valence-corrected chi connectivity index (χ0v) is 12.2. The molecule has 1 heteroatoms. The maximum atomic E-state index is 3.69. The van der Waals surface area contributed by atoms with Crippen molar-refractivity contribution in [3.05, 3.63) is 71.3 Å². The van der Waals surface area contributed by atoms with Crippen molar-refractivity contribution < 1.29 is 0 Å². The Bertz CT molecular complexity index is 547. The Hall–Kier alpha value is -1.60. The first-order chi connectivity index (χ1) is 9.85. The second kappa shape index (κ2) is 6.23. The van der Waals surface area contributed by atoms with Crippen molar-refractivity contribution in [3.63, 3.8) is 0 Å². The predicted octanol–water partition coefficient (Wildman–Crippen LogP) is 3.94. The summed E-state index contributed by atoms with van der Waals surface area (Å²) in [6.07, 6.45) is 3.52. The highest BCUT2D eigenvalue weighted by molar-refractivity contribution is 5.28. The van der Waals surface area contributed by atoms with Gasteiger partial charge in [0.2, 0.25) is 0 Å². The molecule has 1 heterocycles. The van der Waals surface area contributed by atoms with Gasteiger partial charge in [-0.2, -0.15) is 0 Å². The van der Waals surface area contributed by atoms with E-state index in [2.05, 4.69) is 66.8 Å². The zero-order valence-electron chi connectivity index (χ0n) is 12.2. The molecular weight excluding hydrogens is 242 g/mol. The van der Waals surface area contributed by atoms with E-state index in [9.17, 15) is 0 Å². The summed E-state index contributed by atoms with van der Waals surface area (Å²) in [6.45, 7) is 3.34. The van der Waals surface area contributed by atoms with Crippen LogP contribution in [0.2, 0.25) is 0 Å². The summed E-state index contributed by atoms with van der Waals surface area (Å²) in [5.74, 6) is 0.676. The van der Waals surface area contributed by atoms with E-state index in [1.807, 2.05) is 0 Å². The molecule has 0 aliphatic carbocycles. The van der Waals surface area contributed by atoms with Gasteiger partial charge in [0.15, 0.2) is 0 Å². The van der Waals surface area contributed by atoms with Crippen molar-refractivity contribution in [2.24, 2.45) is 0 Å². The van der Waals surface area contributed by atoms with Crippen LogP contribution in [0.3, 0.4) is 0 Å². The quantitative estimate of drug-likeness (QED) is 0.883. The van der Waals surface area contributed by atoms with Crippen LogP contribution in [-0.4, -0.2) is 12.6 Å². The number of benzene rings is 2. The van der Waals surface area contributed by atoms with Crippen molar-refractivity contribution in [1.82, 2.24) is 5.32 Å². The number of aryl methyl sites for hydroxylation is 1. The van der Waals surface area contributed by atoms with Crippen molar-refractivity contribution in [3.8, 4) is 0 Å². The van der Waals surface area contributed by atoms with Gasteiger partial charge in [-0.25, -0.2) is 0 Å². The van der Waals surface area contributed by atoms with Crippen LogP contribution in [0.15, 0.2) is 54.6 Å². The Kier molecular flexibility index (Phi) is 4.17. The lowest BCUT2D eigenvalue weighted by molar-refractivity contribution is 0.598. The summed E-state index contributed by atoms with van der Waals surface area (Å²) in [5.41, 5.74) is 4.40. The van der Waals surface area contributed by atoms with Crippen LogP contribution in [0.5, 0.6) is 0 Å². The van der Waals surface area contributed by atoms with Crippen LogP contribution >= 0.6 is 0 Å². The summed E-state index contributed by atoms with van der Waals surface area (Å²) in [7, 11) is 0. The molecular formula is C19H23N. The van der Waals surface area contributed by atoms with Crippen LogP contribution in [0.1, 0.15) is 36.0 Å². The van der Waals surface area contributed by atoms with Gasteiger partial charge in [0.1, 0.15) is 0 Å². The fourth-order valence-electron chi connectivity index (χ4n) is 3.19. The van der Waals surface area contributed by atoms with Gasteiger partial charge in [-0.15, -0.1) is 0 Å². The lowest BCUT2D eigenvalue weighted by Crippen LogP contribution is -2.23. The third-order valence-corrected chi connectivity index (χ3v) is 4.38. The molecule has 20 heavy (non-hydrogen) atoms. The molecule has 1 nitrogen and oxygen atoms in total. The molecule has 0 spiro atoms. The molecule has 0 amide bonds. The summed E-state index contributed by atoms with van der Waals surface area (Å²) in [6, 6.07) is 20.5. The molecule has 0 aromatic heterocycles. The largest absolute Gasteiger partial charge is 0.313 e. The highest BCUT2D eigenvalue weighted by Crippen LogP contribution is 2.27. The van der Waals surface area contributed by atoms with E-state index in [0.29, 0.717) is 12.0 Å². The van der Waals surface area contributed by atoms with E-state index in [-0.39, 0.29) is 0 Å². The van der Waals surface area contributed by atoms with Crippen LogP contribution in [0.25, 0.3) is 0 Å². The van der Waals surface area contributed by atoms with E-state index in [4.69, 9.17) is 0 Å². The van der Waals surface area contributed by atoms with Crippen molar-refractivity contribution in [2.75, 3.05) is 6.54 Å². The lowest BCUT2D eigenvalue weighted by Gasteiger charge is -2.12. The molecule has 1 N–H and O–H groups in total. The van der Waals surface area contributed by atoms with E-state index in [1.54, 1.807) is 0 Å². The molecule has 0 radical (unpaired) electrons. The molecule has 104 valence electrons. The van der Waals surface area contributed by atoms with Crippen LogP contribution < -0.4 is 5.32 Å². The van der Waals surface area contributed by atoms with Gasteiger partial charge in [0, 0.05) is 12.6 Å². The highest BCUT2D eigenvalue weighted by Gasteiger charge is 2.25. The van der Waals surface area contributed by atoms with Crippen molar-refractivity contribution in [2.45, 2.75) is 38.1 Å². The maximum absolute atomic E-state index is 3.69. The minimum Gasteiger partial charge on any atom is -0.313 e. The van der Waals surface area contributed by atoms with E-state index in [1.165, 1.54) is 23.1 Å². The standard InChI is InChI=1S/C19H23N/c1-2-15-9-6-10-17(11-15)18-13-19(20-14-18)12-16-7-4-3-5-8-16/h3-11,18-20H,2,12-14H2,1H3. The van der Waals surface area contributed by atoms with Crippen LogP contribution in [0, 0.1) is 0 Å². The van der Waals surface area contributed by atoms with Gasteiger partial charge in [0.25, 0.3) is 0 Å².